The van der Waals surface area contributed by atoms with Crippen LogP contribution in [0, 0.1) is 0 Å². The fourth-order valence-electron chi connectivity index (χ4n) is 3.40. The van der Waals surface area contributed by atoms with E-state index in [0.29, 0.717) is 6.42 Å². The lowest BCUT2D eigenvalue weighted by Crippen LogP contribution is -2.47. The van der Waals surface area contributed by atoms with E-state index in [-0.39, 0.29) is 24.3 Å². The van der Waals surface area contributed by atoms with Gasteiger partial charge in [-0.15, -0.1) is 0 Å². The second kappa shape index (κ2) is 7.82. The van der Waals surface area contributed by atoms with Gasteiger partial charge in [-0.3, -0.25) is 9.69 Å². The summed E-state index contributed by atoms with van der Waals surface area (Å²) in [5.74, 6) is -0.143. The van der Waals surface area contributed by atoms with Crippen molar-refractivity contribution in [3.63, 3.8) is 0 Å². The standard InChI is InChI=1S/C20H31BN2O4/c1-19(2)20(3,4)27-21(26-19)16-6-8-17(9-7-16)23-14-12-22(13-15-23)11-10-18(24)25-5/h6-9H,10-15H2,1-5H3. The Morgan fingerprint density at radius 2 is 1.59 bits per heavy atom. The largest absolute Gasteiger partial charge is 0.494 e. The van der Waals surface area contributed by atoms with Crippen LogP contribution in [-0.2, 0) is 18.8 Å². The van der Waals surface area contributed by atoms with Gasteiger partial charge in [0.15, 0.2) is 0 Å². The van der Waals surface area contributed by atoms with Crippen molar-refractivity contribution in [3.8, 4) is 0 Å². The van der Waals surface area contributed by atoms with Gasteiger partial charge < -0.3 is 18.9 Å². The molecule has 0 aliphatic carbocycles. The van der Waals surface area contributed by atoms with Gasteiger partial charge in [0.2, 0.25) is 0 Å². The average Bonchev–Trinajstić information content (AvgIpc) is 2.87. The molecule has 1 aromatic carbocycles. The molecule has 0 atom stereocenters. The molecule has 0 amide bonds. The van der Waals surface area contributed by atoms with Crippen molar-refractivity contribution in [3.05, 3.63) is 24.3 Å². The summed E-state index contributed by atoms with van der Waals surface area (Å²) in [7, 11) is 1.12. The molecule has 148 valence electrons. The first-order valence-electron chi connectivity index (χ1n) is 9.71. The van der Waals surface area contributed by atoms with Crippen molar-refractivity contribution >= 4 is 24.2 Å². The SMILES string of the molecule is COC(=O)CCN1CCN(c2ccc(B3OC(C)(C)C(C)(C)O3)cc2)CC1. The third-order valence-electron chi connectivity index (χ3n) is 6.02. The summed E-state index contributed by atoms with van der Waals surface area (Å²) >= 11 is 0. The predicted molar refractivity (Wildman–Crippen MR) is 107 cm³/mol. The lowest BCUT2D eigenvalue weighted by molar-refractivity contribution is -0.141. The van der Waals surface area contributed by atoms with Gasteiger partial charge in [0.1, 0.15) is 0 Å². The van der Waals surface area contributed by atoms with Gasteiger partial charge in [-0.25, -0.2) is 0 Å². The summed E-state index contributed by atoms with van der Waals surface area (Å²) < 4.78 is 17.0. The second-order valence-electron chi connectivity index (χ2n) is 8.33. The number of ether oxygens (including phenoxy) is 1. The van der Waals surface area contributed by atoms with Gasteiger partial charge in [-0.05, 0) is 45.3 Å². The summed E-state index contributed by atoms with van der Waals surface area (Å²) in [6.45, 7) is 12.9. The molecule has 2 aliphatic rings. The van der Waals surface area contributed by atoms with E-state index in [4.69, 9.17) is 14.0 Å². The molecule has 0 aromatic heterocycles. The van der Waals surface area contributed by atoms with Crippen molar-refractivity contribution in [2.24, 2.45) is 0 Å². The van der Waals surface area contributed by atoms with Crippen LogP contribution in [-0.4, -0.2) is 69.0 Å². The van der Waals surface area contributed by atoms with Gasteiger partial charge >= 0.3 is 13.1 Å². The monoisotopic (exact) mass is 374 g/mol. The molecule has 3 rings (SSSR count). The van der Waals surface area contributed by atoms with Crippen LogP contribution >= 0.6 is 0 Å². The lowest BCUT2D eigenvalue weighted by atomic mass is 9.79. The number of rotatable bonds is 5. The number of hydrogen-bond acceptors (Lipinski definition) is 6. The molecule has 0 saturated carbocycles. The second-order valence-corrected chi connectivity index (χ2v) is 8.33. The van der Waals surface area contributed by atoms with E-state index in [1.165, 1.54) is 12.8 Å². The van der Waals surface area contributed by atoms with Crippen LogP contribution in [0.15, 0.2) is 24.3 Å². The number of piperazine rings is 1. The Balaban J connectivity index is 1.54. The molecule has 2 fully saturated rings. The maximum absolute atomic E-state index is 11.3. The highest BCUT2D eigenvalue weighted by Gasteiger charge is 2.51. The fraction of sp³-hybridized carbons (Fsp3) is 0.650. The minimum Gasteiger partial charge on any atom is -0.469 e. The molecular weight excluding hydrogens is 343 g/mol. The molecule has 0 radical (unpaired) electrons. The first-order chi connectivity index (χ1) is 12.7. The van der Waals surface area contributed by atoms with Crippen molar-refractivity contribution < 1.29 is 18.8 Å². The molecule has 2 heterocycles. The summed E-state index contributed by atoms with van der Waals surface area (Å²) in [4.78, 5) is 16.0. The Kier molecular flexibility index (Phi) is 5.84. The number of esters is 1. The number of methoxy groups -OCH3 is 1. The van der Waals surface area contributed by atoms with Crippen molar-refractivity contribution in [1.82, 2.24) is 4.90 Å². The first-order valence-corrected chi connectivity index (χ1v) is 9.71. The fourth-order valence-corrected chi connectivity index (χ4v) is 3.40. The van der Waals surface area contributed by atoms with Crippen LogP contribution in [0.2, 0.25) is 0 Å². The molecular formula is C20H31BN2O4. The quantitative estimate of drug-likeness (QED) is 0.577. The average molecular weight is 374 g/mol. The summed E-state index contributed by atoms with van der Waals surface area (Å²) in [5.41, 5.74) is 1.62. The zero-order valence-electron chi connectivity index (χ0n) is 17.2. The summed E-state index contributed by atoms with van der Waals surface area (Å²) in [6.07, 6.45) is 0.458. The molecule has 0 bridgehead atoms. The van der Waals surface area contributed by atoms with E-state index >= 15 is 0 Å². The highest BCUT2D eigenvalue weighted by Crippen LogP contribution is 2.36. The van der Waals surface area contributed by atoms with Gasteiger partial charge in [-0.2, -0.15) is 0 Å². The molecule has 6 nitrogen and oxygen atoms in total. The van der Waals surface area contributed by atoms with E-state index in [0.717, 1.165) is 38.2 Å². The third kappa shape index (κ3) is 4.47. The number of anilines is 1. The summed E-state index contributed by atoms with van der Waals surface area (Å²) in [5, 5.41) is 0. The Morgan fingerprint density at radius 1 is 1.04 bits per heavy atom. The Bertz CT molecular complexity index is 638. The molecule has 0 spiro atoms. The maximum Gasteiger partial charge on any atom is 0.494 e. The number of carbonyl (C=O) groups is 1. The van der Waals surface area contributed by atoms with Crippen LogP contribution in [0.25, 0.3) is 0 Å². The molecule has 0 unspecified atom stereocenters. The molecule has 7 heteroatoms. The van der Waals surface area contributed by atoms with E-state index in [1.54, 1.807) is 0 Å². The predicted octanol–water partition coefficient (Wildman–Crippen LogP) is 1.67. The smallest absolute Gasteiger partial charge is 0.469 e. The van der Waals surface area contributed by atoms with E-state index in [2.05, 4.69) is 61.8 Å². The molecule has 0 N–H and O–H groups in total. The summed E-state index contributed by atoms with van der Waals surface area (Å²) in [6, 6.07) is 8.48. The minimum absolute atomic E-state index is 0.143. The van der Waals surface area contributed by atoms with Crippen LogP contribution in [0.1, 0.15) is 34.1 Å². The Hall–Kier alpha value is -1.57. The Labute approximate surface area is 162 Å². The number of benzene rings is 1. The van der Waals surface area contributed by atoms with Gasteiger partial charge in [0.25, 0.3) is 0 Å². The minimum atomic E-state index is -0.323. The Morgan fingerprint density at radius 3 is 2.11 bits per heavy atom. The van der Waals surface area contributed by atoms with E-state index in [1.807, 2.05) is 0 Å². The number of nitrogens with zero attached hydrogens (tertiary/aromatic N) is 2. The van der Waals surface area contributed by atoms with Crippen molar-refractivity contribution in [2.75, 3.05) is 44.7 Å². The topological polar surface area (TPSA) is 51.2 Å². The zero-order valence-corrected chi connectivity index (χ0v) is 17.2. The lowest BCUT2D eigenvalue weighted by Gasteiger charge is -2.36. The van der Waals surface area contributed by atoms with Gasteiger partial charge in [-0.1, -0.05) is 12.1 Å². The molecule has 27 heavy (non-hydrogen) atoms. The van der Waals surface area contributed by atoms with Gasteiger partial charge in [0, 0.05) is 38.4 Å². The van der Waals surface area contributed by atoms with Crippen LogP contribution in [0.4, 0.5) is 5.69 Å². The number of hydrogen-bond donors (Lipinski definition) is 0. The molecule has 2 aliphatic heterocycles. The third-order valence-corrected chi connectivity index (χ3v) is 6.02. The maximum atomic E-state index is 11.3. The highest BCUT2D eigenvalue weighted by atomic mass is 16.7. The van der Waals surface area contributed by atoms with Gasteiger partial charge in [0.05, 0.1) is 24.7 Å². The molecule has 2 saturated heterocycles. The zero-order chi connectivity index (χ0) is 19.7. The van der Waals surface area contributed by atoms with E-state index in [9.17, 15) is 4.79 Å². The van der Waals surface area contributed by atoms with E-state index < -0.39 is 0 Å². The van der Waals surface area contributed by atoms with Crippen LogP contribution in [0.5, 0.6) is 0 Å². The van der Waals surface area contributed by atoms with Crippen molar-refractivity contribution in [2.45, 2.75) is 45.3 Å². The molecule has 1 aromatic rings. The highest BCUT2D eigenvalue weighted by molar-refractivity contribution is 6.62. The van der Waals surface area contributed by atoms with Crippen LogP contribution < -0.4 is 10.4 Å². The van der Waals surface area contributed by atoms with Crippen LogP contribution in [0.3, 0.4) is 0 Å². The van der Waals surface area contributed by atoms with Crippen molar-refractivity contribution in [1.29, 1.82) is 0 Å². The normalized spacial score (nSPS) is 22.1. The first kappa shape index (κ1) is 20.2. The number of carbonyl (C=O) groups excluding carboxylic acids is 1.